The first kappa shape index (κ1) is 20.4. The third-order valence-electron chi connectivity index (χ3n) is 2.46. The summed E-state index contributed by atoms with van der Waals surface area (Å²) >= 11 is 0. The van der Waals surface area contributed by atoms with Gasteiger partial charge in [0.2, 0.25) is 5.69 Å². The van der Waals surface area contributed by atoms with Gasteiger partial charge < -0.3 is 5.21 Å². The Hall–Kier alpha value is -1.69. The normalized spacial score (nSPS) is 19.5. The monoisotopic (exact) mass is 382 g/mol. The van der Waals surface area contributed by atoms with Crippen molar-refractivity contribution in [3.63, 3.8) is 0 Å². The van der Waals surface area contributed by atoms with Crippen molar-refractivity contribution in [1.82, 2.24) is 15.4 Å². The number of nitrogens with one attached hydrogen (secondary N) is 2. The number of guanidine groups is 1. The molecule has 0 bridgehead atoms. The van der Waals surface area contributed by atoms with E-state index in [0.717, 1.165) is 11.6 Å². The Morgan fingerprint density at radius 1 is 1.25 bits per heavy atom. The van der Waals surface area contributed by atoms with E-state index >= 15 is 0 Å². The second-order valence-corrected chi connectivity index (χ2v) is 7.11. The number of aromatic nitrogens is 1. The van der Waals surface area contributed by atoms with Crippen LogP contribution in [0.4, 0.5) is 36.7 Å². The van der Waals surface area contributed by atoms with E-state index in [-0.39, 0.29) is 5.17 Å². The molecule has 2 N–H and O–H groups in total. The van der Waals surface area contributed by atoms with Crippen molar-refractivity contribution >= 4 is 25.3 Å². The van der Waals surface area contributed by atoms with Crippen molar-refractivity contribution in [3.8, 4) is 0 Å². The van der Waals surface area contributed by atoms with Gasteiger partial charge in [-0.3, -0.25) is 9.48 Å². The molecular weight excluding hydrogens is 365 g/mol. The molecular formula is C10H17F6N6OP. The molecule has 1 aromatic heterocycles. The predicted molar refractivity (Wildman–Crippen MR) is 78.2 cm³/mol. The zero-order valence-electron chi connectivity index (χ0n) is 13.1. The van der Waals surface area contributed by atoms with Gasteiger partial charge in [-0.1, -0.05) is 0 Å². The summed E-state index contributed by atoms with van der Waals surface area (Å²) in [5, 5.41) is 13.3. The Kier molecular flexibility index (Phi) is 4.82. The second kappa shape index (κ2) is 5.69. The van der Waals surface area contributed by atoms with Crippen molar-refractivity contribution in [3.05, 3.63) is 23.5 Å². The number of rotatable bonds is 0. The van der Waals surface area contributed by atoms with Gasteiger partial charge in [0.15, 0.2) is 0 Å². The Bertz CT molecular complexity index is 633. The van der Waals surface area contributed by atoms with Crippen molar-refractivity contribution in [2.75, 3.05) is 33.2 Å². The SMILES string of the molecule is CN(C)C(N1N[NH+]([O-])c2ncccc21)=[N+](C)C.F[P-](F)(F)(F)(F)F. The molecule has 140 valence electrons. The van der Waals surface area contributed by atoms with E-state index < -0.39 is 7.81 Å². The molecule has 0 aliphatic carbocycles. The Morgan fingerprint density at radius 2 is 1.75 bits per heavy atom. The van der Waals surface area contributed by atoms with Gasteiger partial charge in [-0.05, 0) is 17.7 Å². The van der Waals surface area contributed by atoms with Crippen molar-refractivity contribution < 1.29 is 34.9 Å². The van der Waals surface area contributed by atoms with E-state index in [1.807, 2.05) is 49.8 Å². The van der Waals surface area contributed by atoms with Crippen LogP contribution in [0.3, 0.4) is 0 Å². The first-order valence-electron chi connectivity index (χ1n) is 6.31. The third-order valence-corrected chi connectivity index (χ3v) is 2.46. The molecule has 0 saturated heterocycles. The van der Waals surface area contributed by atoms with E-state index in [2.05, 4.69) is 10.5 Å². The molecule has 0 amide bonds. The summed E-state index contributed by atoms with van der Waals surface area (Å²) in [6.07, 6.45) is 1.62. The van der Waals surface area contributed by atoms with Crippen molar-refractivity contribution in [1.29, 1.82) is 0 Å². The summed E-state index contributed by atoms with van der Waals surface area (Å²) in [5.41, 5.74) is 3.57. The zero-order chi connectivity index (χ0) is 19.0. The van der Waals surface area contributed by atoms with Gasteiger partial charge in [-0.15, -0.1) is 5.01 Å². The molecule has 1 aliphatic rings. The van der Waals surface area contributed by atoms with Crippen molar-refractivity contribution in [2.45, 2.75) is 0 Å². The van der Waals surface area contributed by atoms with Crippen LogP contribution in [0.5, 0.6) is 0 Å². The molecule has 0 saturated carbocycles. The molecule has 0 spiro atoms. The van der Waals surface area contributed by atoms with Crippen LogP contribution in [0.25, 0.3) is 0 Å². The number of pyridine rings is 1. The summed E-state index contributed by atoms with van der Waals surface area (Å²) in [4.78, 5) is 6.02. The van der Waals surface area contributed by atoms with Gasteiger partial charge in [0.25, 0.3) is 5.82 Å². The summed E-state index contributed by atoms with van der Waals surface area (Å²) in [7, 11) is -2.95. The van der Waals surface area contributed by atoms with E-state index in [0.29, 0.717) is 5.82 Å². The molecule has 0 fully saturated rings. The van der Waals surface area contributed by atoms with Crippen LogP contribution in [0.2, 0.25) is 0 Å². The van der Waals surface area contributed by atoms with E-state index in [9.17, 15) is 30.4 Å². The van der Waals surface area contributed by atoms with Crippen LogP contribution in [0, 0.1) is 5.21 Å². The van der Waals surface area contributed by atoms with Gasteiger partial charge in [0, 0.05) is 6.20 Å². The van der Waals surface area contributed by atoms with Crippen LogP contribution in [0.15, 0.2) is 18.3 Å². The fourth-order valence-electron chi connectivity index (χ4n) is 1.92. The molecule has 2 rings (SSSR count). The Labute approximate surface area is 133 Å². The standard InChI is InChI=1S/C10H17N6O.F6P/c1-13(2)10(14(3)4)15-8-6-5-7-11-9(8)16(17)12-15;1-7(2,3,4,5)6/h5-7,12,16H,1-4H3;/q+1;-1. The third kappa shape index (κ3) is 6.83. The number of hydrogen-bond donors (Lipinski definition) is 2. The van der Waals surface area contributed by atoms with Crippen LogP contribution in [0.1, 0.15) is 0 Å². The summed E-state index contributed by atoms with van der Waals surface area (Å²) < 4.78 is 61.1. The number of halogens is 6. The molecule has 24 heavy (non-hydrogen) atoms. The predicted octanol–water partition coefficient (Wildman–Crippen LogP) is 1.91. The Balaban J connectivity index is 0.000000351. The minimum atomic E-state index is -10.7. The fourth-order valence-corrected chi connectivity index (χ4v) is 1.92. The number of quaternary nitrogens is 1. The van der Waals surface area contributed by atoms with Crippen LogP contribution >= 0.6 is 7.81 Å². The molecule has 1 aromatic rings. The van der Waals surface area contributed by atoms with E-state index in [1.165, 1.54) is 0 Å². The van der Waals surface area contributed by atoms with Gasteiger partial charge in [0.05, 0.1) is 28.2 Å². The number of anilines is 1. The quantitative estimate of drug-likeness (QED) is 0.179. The summed E-state index contributed by atoms with van der Waals surface area (Å²) in [5.74, 6) is 1.32. The van der Waals surface area contributed by atoms with Gasteiger partial charge in [-0.25, -0.2) is 5.17 Å². The first-order valence-corrected chi connectivity index (χ1v) is 8.34. The maximum atomic E-state index is 11.8. The van der Waals surface area contributed by atoms with Gasteiger partial charge in [0.1, 0.15) is 0 Å². The molecule has 7 nitrogen and oxygen atoms in total. The molecule has 1 unspecified atom stereocenters. The van der Waals surface area contributed by atoms with E-state index in [1.54, 1.807) is 11.2 Å². The molecule has 1 aliphatic heterocycles. The van der Waals surface area contributed by atoms with Crippen LogP contribution < -0.4 is 15.7 Å². The molecule has 2 heterocycles. The first-order chi connectivity index (χ1) is 10.5. The maximum absolute atomic E-state index is 11.8. The van der Waals surface area contributed by atoms with Crippen LogP contribution in [-0.4, -0.2) is 48.6 Å². The Morgan fingerprint density at radius 3 is 2.17 bits per heavy atom. The number of nitrogens with zero attached hydrogens (tertiary/aromatic N) is 4. The second-order valence-electron chi connectivity index (χ2n) is 5.19. The molecule has 0 radical (unpaired) electrons. The topological polar surface area (TPSA) is 61.9 Å². The average molecular weight is 382 g/mol. The van der Waals surface area contributed by atoms with Gasteiger partial charge >= 0.3 is 38.9 Å². The molecule has 1 atom stereocenters. The molecule has 0 aromatic carbocycles. The van der Waals surface area contributed by atoms with Gasteiger partial charge in [-0.2, -0.15) is 4.98 Å². The fraction of sp³-hybridized carbons (Fsp3) is 0.400. The zero-order valence-corrected chi connectivity index (χ0v) is 14.0. The number of fused-ring (bicyclic) bond motifs is 1. The summed E-state index contributed by atoms with van der Waals surface area (Å²) in [6, 6.07) is 3.68. The van der Waals surface area contributed by atoms with Crippen LogP contribution in [-0.2, 0) is 0 Å². The minimum absolute atomic E-state index is 0.179. The average Bonchev–Trinajstić information content (AvgIpc) is 2.63. The number of hydrogen-bond acceptors (Lipinski definition) is 3. The number of hydrazine groups is 1. The molecule has 14 heteroatoms. The van der Waals surface area contributed by atoms with Crippen molar-refractivity contribution in [2.24, 2.45) is 0 Å². The summed E-state index contributed by atoms with van der Waals surface area (Å²) in [6.45, 7) is 0. The van der Waals surface area contributed by atoms with E-state index in [4.69, 9.17) is 0 Å².